The summed E-state index contributed by atoms with van der Waals surface area (Å²) in [5.74, 6) is 0.701. The summed E-state index contributed by atoms with van der Waals surface area (Å²) in [6.07, 6.45) is 8.00. The van der Waals surface area contributed by atoms with Gasteiger partial charge in [-0.2, -0.15) is 0 Å². The van der Waals surface area contributed by atoms with Gasteiger partial charge in [0, 0.05) is 11.5 Å². The number of benzene rings is 2. The van der Waals surface area contributed by atoms with Crippen LogP contribution < -0.4 is 10.1 Å². The molecule has 31 heavy (non-hydrogen) atoms. The van der Waals surface area contributed by atoms with Crippen LogP contribution in [-0.4, -0.2) is 30.3 Å². The first-order chi connectivity index (χ1) is 15.1. The van der Waals surface area contributed by atoms with E-state index in [0.717, 1.165) is 30.2 Å². The molecule has 3 aliphatic rings. The van der Waals surface area contributed by atoms with Crippen molar-refractivity contribution in [2.24, 2.45) is 5.92 Å². The molecule has 164 valence electrons. The fraction of sp³-hybridized carbons (Fsp3) is 0.519. The van der Waals surface area contributed by atoms with Gasteiger partial charge in [0.1, 0.15) is 17.8 Å². The third-order valence-corrected chi connectivity index (χ3v) is 8.44. The van der Waals surface area contributed by atoms with Crippen molar-refractivity contribution in [1.29, 1.82) is 0 Å². The highest BCUT2D eigenvalue weighted by Gasteiger charge is 2.51. The molecular weight excluding hydrogens is 386 g/mol. The van der Waals surface area contributed by atoms with Crippen molar-refractivity contribution in [3.05, 3.63) is 65.2 Å². The van der Waals surface area contributed by atoms with Gasteiger partial charge in [-0.15, -0.1) is 0 Å². The fourth-order valence-corrected chi connectivity index (χ4v) is 6.68. The van der Waals surface area contributed by atoms with Gasteiger partial charge in [-0.1, -0.05) is 56.2 Å². The normalized spacial score (nSPS) is 28.7. The van der Waals surface area contributed by atoms with Crippen molar-refractivity contribution >= 4 is 5.97 Å². The molecule has 0 aromatic heterocycles. The molecule has 2 aliphatic carbocycles. The van der Waals surface area contributed by atoms with Gasteiger partial charge in [0.2, 0.25) is 0 Å². The topological polar surface area (TPSA) is 58.6 Å². The van der Waals surface area contributed by atoms with Crippen LogP contribution in [0.2, 0.25) is 0 Å². The maximum absolute atomic E-state index is 12.3. The standard InChI is InChI=1S/C27H33NO3/c1-2-26(25(29)30,20-8-4-3-5-9-20)18-31-21-12-11-19-16-24-22-10-6-7-13-27(22,14-15-28-24)23(19)17-21/h3-5,8-9,11-12,17,22,24,28H,2,6-7,10,13-16,18H2,1H3,(H,29,30)/t22-,24+,26?,27+/m0/s1. The van der Waals surface area contributed by atoms with Crippen LogP contribution in [-0.2, 0) is 22.0 Å². The van der Waals surface area contributed by atoms with E-state index in [1.165, 1.54) is 43.2 Å². The van der Waals surface area contributed by atoms with Crippen LogP contribution in [0.1, 0.15) is 62.1 Å². The summed E-state index contributed by atoms with van der Waals surface area (Å²) in [6, 6.07) is 16.6. The van der Waals surface area contributed by atoms with Crippen molar-refractivity contribution < 1.29 is 14.6 Å². The third-order valence-electron chi connectivity index (χ3n) is 8.44. The van der Waals surface area contributed by atoms with Crippen molar-refractivity contribution in [2.45, 2.75) is 68.7 Å². The van der Waals surface area contributed by atoms with E-state index in [4.69, 9.17) is 4.74 Å². The largest absolute Gasteiger partial charge is 0.492 e. The van der Waals surface area contributed by atoms with Crippen molar-refractivity contribution in [3.8, 4) is 5.75 Å². The van der Waals surface area contributed by atoms with E-state index in [1.54, 1.807) is 0 Å². The number of ether oxygens (including phenoxy) is 1. The van der Waals surface area contributed by atoms with Crippen molar-refractivity contribution in [2.75, 3.05) is 13.2 Å². The molecule has 2 aromatic rings. The zero-order valence-electron chi connectivity index (χ0n) is 18.4. The molecular formula is C27H33NO3. The summed E-state index contributed by atoms with van der Waals surface area (Å²) < 4.78 is 6.26. The Morgan fingerprint density at radius 1 is 1.19 bits per heavy atom. The molecule has 1 saturated heterocycles. The summed E-state index contributed by atoms with van der Waals surface area (Å²) in [5.41, 5.74) is 2.96. The average Bonchev–Trinajstić information content (AvgIpc) is 2.80. The minimum Gasteiger partial charge on any atom is -0.492 e. The SMILES string of the molecule is CCC(COc1ccc2c(c1)[C@@]13CCCC[C@H]1[C@@H](C2)NCC3)(C(=O)O)c1ccccc1. The molecule has 1 unspecified atom stereocenters. The Labute approximate surface area is 185 Å². The van der Waals surface area contributed by atoms with Gasteiger partial charge in [-0.05, 0) is 73.4 Å². The molecule has 4 atom stereocenters. The molecule has 1 aliphatic heterocycles. The molecule has 4 heteroatoms. The molecule has 0 amide bonds. The zero-order valence-corrected chi connectivity index (χ0v) is 18.4. The fourth-order valence-electron chi connectivity index (χ4n) is 6.68. The number of hydrogen-bond donors (Lipinski definition) is 2. The Kier molecular flexibility index (Phi) is 5.29. The van der Waals surface area contributed by atoms with Crippen LogP contribution in [0.15, 0.2) is 48.5 Å². The van der Waals surface area contributed by atoms with E-state index < -0.39 is 11.4 Å². The predicted molar refractivity (Wildman–Crippen MR) is 122 cm³/mol. The highest BCUT2D eigenvalue weighted by atomic mass is 16.5. The van der Waals surface area contributed by atoms with Crippen LogP contribution >= 0.6 is 0 Å². The minimum atomic E-state index is -1.04. The maximum atomic E-state index is 12.3. The second-order valence-corrected chi connectivity index (χ2v) is 9.74. The van der Waals surface area contributed by atoms with Gasteiger partial charge < -0.3 is 15.2 Å². The lowest BCUT2D eigenvalue weighted by Gasteiger charge is -2.56. The highest BCUT2D eigenvalue weighted by Crippen LogP contribution is 2.54. The van der Waals surface area contributed by atoms with Crippen LogP contribution in [0.3, 0.4) is 0 Å². The quantitative estimate of drug-likeness (QED) is 0.703. The Morgan fingerprint density at radius 3 is 2.81 bits per heavy atom. The first kappa shape index (κ1) is 20.6. The van der Waals surface area contributed by atoms with Crippen LogP contribution in [0.4, 0.5) is 0 Å². The monoisotopic (exact) mass is 419 g/mol. The molecule has 5 rings (SSSR count). The third kappa shape index (κ3) is 3.27. The molecule has 2 fully saturated rings. The van der Waals surface area contributed by atoms with Crippen LogP contribution in [0.5, 0.6) is 5.75 Å². The van der Waals surface area contributed by atoms with Gasteiger partial charge in [-0.25, -0.2) is 0 Å². The number of carbonyl (C=O) groups is 1. The number of rotatable bonds is 6. The number of carboxylic acids is 1. The van der Waals surface area contributed by atoms with Gasteiger partial charge in [-0.3, -0.25) is 4.79 Å². The minimum absolute atomic E-state index is 0.141. The molecule has 2 aromatic carbocycles. The van der Waals surface area contributed by atoms with E-state index in [0.29, 0.717) is 12.5 Å². The number of carboxylic acid groups (broad SMARTS) is 1. The summed E-state index contributed by atoms with van der Waals surface area (Å²) in [5, 5.41) is 13.9. The summed E-state index contributed by atoms with van der Waals surface area (Å²) >= 11 is 0. The molecule has 0 radical (unpaired) electrons. The van der Waals surface area contributed by atoms with E-state index >= 15 is 0 Å². The molecule has 2 N–H and O–H groups in total. The number of hydrogen-bond acceptors (Lipinski definition) is 3. The second-order valence-electron chi connectivity index (χ2n) is 9.74. The number of fused-ring (bicyclic) bond motifs is 1. The average molecular weight is 420 g/mol. The van der Waals surface area contributed by atoms with E-state index in [1.807, 2.05) is 43.3 Å². The Balaban J connectivity index is 1.46. The summed E-state index contributed by atoms with van der Waals surface area (Å²) in [7, 11) is 0. The van der Waals surface area contributed by atoms with E-state index in [2.05, 4.69) is 17.4 Å². The Hall–Kier alpha value is -2.33. The van der Waals surface area contributed by atoms with Gasteiger partial charge >= 0.3 is 5.97 Å². The maximum Gasteiger partial charge on any atom is 0.317 e. The molecule has 2 bridgehead atoms. The van der Waals surface area contributed by atoms with E-state index in [-0.39, 0.29) is 12.0 Å². The highest BCUT2D eigenvalue weighted by molar-refractivity contribution is 5.81. The first-order valence-electron chi connectivity index (χ1n) is 11.9. The summed E-state index contributed by atoms with van der Waals surface area (Å²) in [4.78, 5) is 12.3. The number of aliphatic carboxylic acids is 1. The summed E-state index contributed by atoms with van der Waals surface area (Å²) in [6.45, 7) is 3.16. The lowest BCUT2D eigenvalue weighted by atomic mass is 9.53. The second kappa shape index (κ2) is 7.98. The van der Waals surface area contributed by atoms with Gasteiger partial charge in [0.25, 0.3) is 0 Å². The Bertz CT molecular complexity index is 954. The smallest absolute Gasteiger partial charge is 0.317 e. The lowest BCUT2D eigenvalue weighted by Crippen LogP contribution is -2.59. The van der Waals surface area contributed by atoms with Crippen LogP contribution in [0.25, 0.3) is 0 Å². The molecule has 0 spiro atoms. The van der Waals surface area contributed by atoms with Crippen molar-refractivity contribution in [1.82, 2.24) is 5.32 Å². The Morgan fingerprint density at radius 2 is 2.03 bits per heavy atom. The molecule has 1 saturated carbocycles. The zero-order chi connectivity index (χ0) is 21.5. The number of nitrogens with one attached hydrogen (secondary N) is 1. The van der Waals surface area contributed by atoms with Gasteiger partial charge in [0.15, 0.2) is 0 Å². The van der Waals surface area contributed by atoms with Gasteiger partial charge in [0.05, 0.1) is 0 Å². The molecule has 1 heterocycles. The predicted octanol–water partition coefficient (Wildman–Crippen LogP) is 4.84. The molecule has 4 nitrogen and oxygen atoms in total. The van der Waals surface area contributed by atoms with E-state index in [9.17, 15) is 9.90 Å². The van der Waals surface area contributed by atoms with Crippen molar-refractivity contribution in [3.63, 3.8) is 0 Å². The lowest BCUT2D eigenvalue weighted by molar-refractivity contribution is -0.145. The number of piperidine rings is 1. The van der Waals surface area contributed by atoms with Crippen LogP contribution in [0, 0.1) is 5.92 Å². The first-order valence-corrected chi connectivity index (χ1v) is 11.9.